The molecule has 1 unspecified atom stereocenters. The summed E-state index contributed by atoms with van der Waals surface area (Å²) in [5, 5.41) is 0.486. The summed E-state index contributed by atoms with van der Waals surface area (Å²) in [6.45, 7) is 1.72. The van der Waals surface area contributed by atoms with Crippen molar-refractivity contribution in [2.45, 2.75) is 18.9 Å². The third-order valence-electron chi connectivity index (χ3n) is 5.05. The number of likely N-dealkylation sites (tertiary alicyclic amines) is 1. The van der Waals surface area contributed by atoms with E-state index in [4.69, 9.17) is 25.8 Å². The van der Waals surface area contributed by atoms with Gasteiger partial charge in [-0.05, 0) is 54.3 Å². The van der Waals surface area contributed by atoms with Gasteiger partial charge in [0.1, 0.15) is 19.0 Å². The molecule has 0 radical (unpaired) electrons. The molecule has 0 bridgehead atoms. The fraction of sp³-hybridized carbons (Fsp3) is 0.318. The molecule has 1 amide bonds. The Kier molecular flexibility index (Phi) is 5.44. The van der Waals surface area contributed by atoms with Crippen molar-refractivity contribution in [3.63, 3.8) is 0 Å². The maximum atomic E-state index is 12.8. The highest BCUT2D eigenvalue weighted by Gasteiger charge is 2.29. The molecule has 2 aliphatic heterocycles. The predicted octanol–water partition coefficient (Wildman–Crippen LogP) is 4.50. The highest BCUT2D eigenvalue weighted by atomic mass is 35.5. The van der Waals surface area contributed by atoms with Gasteiger partial charge in [0.05, 0.1) is 18.2 Å². The molecule has 2 aliphatic rings. The lowest BCUT2D eigenvalue weighted by molar-refractivity contribution is -0.126. The summed E-state index contributed by atoms with van der Waals surface area (Å²) in [4.78, 5) is 14.8. The Hall–Kier alpha value is -2.66. The van der Waals surface area contributed by atoms with Gasteiger partial charge in [-0.25, -0.2) is 0 Å². The van der Waals surface area contributed by atoms with Crippen LogP contribution in [0.3, 0.4) is 0 Å². The molecule has 146 valence electrons. The van der Waals surface area contributed by atoms with Gasteiger partial charge in [-0.3, -0.25) is 4.79 Å². The average molecular weight is 400 g/mol. The van der Waals surface area contributed by atoms with Gasteiger partial charge in [-0.2, -0.15) is 0 Å². The molecule has 1 saturated heterocycles. The summed E-state index contributed by atoms with van der Waals surface area (Å²) in [6, 6.07) is 11.6. The van der Waals surface area contributed by atoms with Gasteiger partial charge in [0.15, 0.2) is 11.5 Å². The normalized spacial score (nSPS) is 18.5. The van der Waals surface area contributed by atoms with Crippen molar-refractivity contribution in [2.75, 3.05) is 26.9 Å². The quantitative estimate of drug-likeness (QED) is 0.710. The number of fused-ring (bicyclic) bond motifs is 1. The van der Waals surface area contributed by atoms with Gasteiger partial charge in [0.25, 0.3) is 0 Å². The second kappa shape index (κ2) is 8.15. The Morgan fingerprint density at radius 3 is 2.96 bits per heavy atom. The minimum Gasteiger partial charge on any atom is -0.497 e. The van der Waals surface area contributed by atoms with E-state index in [2.05, 4.69) is 0 Å². The van der Waals surface area contributed by atoms with Crippen LogP contribution in [0.25, 0.3) is 6.08 Å². The Morgan fingerprint density at radius 2 is 2.11 bits per heavy atom. The summed E-state index contributed by atoms with van der Waals surface area (Å²) >= 11 is 6.28. The number of nitrogens with zero attached hydrogens (tertiary/aromatic N) is 1. The van der Waals surface area contributed by atoms with Crippen LogP contribution in [0, 0.1) is 0 Å². The number of amides is 1. The van der Waals surface area contributed by atoms with Crippen LogP contribution in [0.5, 0.6) is 17.2 Å². The van der Waals surface area contributed by atoms with Gasteiger partial charge in [-0.1, -0.05) is 23.7 Å². The predicted molar refractivity (Wildman–Crippen MR) is 108 cm³/mol. The average Bonchev–Trinajstić information content (AvgIpc) is 3.22. The number of hydrogen-bond acceptors (Lipinski definition) is 4. The van der Waals surface area contributed by atoms with Crippen LogP contribution in [-0.2, 0) is 4.79 Å². The molecular weight excluding hydrogens is 378 g/mol. The number of hydrogen-bond donors (Lipinski definition) is 0. The number of carbonyl (C=O) groups excluding carboxylic acids is 1. The minimum absolute atomic E-state index is 0.0173. The van der Waals surface area contributed by atoms with E-state index in [1.807, 2.05) is 35.2 Å². The molecule has 0 spiro atoms. The Morgan fingerprint density at radius 1 is 1.25 bits per heavy atom. The minimum atomic E-state index is -0.0173. The van der Waals surface area contributed by atoms with E-state index < -0.39 is 0 Å². The first-order valence-electron chi connectivity index (χ1n) is 9.37. The van der Waals surface area contributed by atoms with Crippen molar-refractivity contribution < 1.29 is 19.0 Å². The zero-order valence-electron chi connectivity index (χ0n) is 15.7. The molecule has 6 heteroatoms. The Labute approximate surface area is 169 Å². The molecule has 1 fully saturated rings. The lowest BCUT2D eigenvalue weighted by atomic mass is 10.0. The third-order valence-corrected chi connectivity index (χ3v) is 5.33. The van der Waals surface area contributed by atoms with Crippen molar-refractivity contribution in [3.05, 3.63) is 58.6 Å². The second-order valence-corrected chi connectivity index (χ2v) is 7.23. The first-order valence-corrected chi connectivity index (χ1v) is 9.75. The molecule has 0 aliphatic carbocycles. The van der Waals surface area contributed by atoms with Crippen LogP contribution >= 0.6 is 11.6 Å². The van der Waals surface area contributed by atoms with Gasteiger partial charge in [0.2, 0.25) is 5.91 Å². The largest absolute Gasteiger partial charge is 0.497 e. The van der Waals surface area contributed by atoms with Crippen LogP contribution < -0.4 is 14.2 Å². The SMILES string of the molecule is COc1cccc(C2CCCN2C(=O)/C=C/c2cc(Cl)c3c(c2)OCCO3)c1. The molecule has 1 atom stereocenters. The highest BCUT2D eigenvalue weighted by Crippen LogP contribution is 2.39. The second-order valence-electron chi connectivity index (χ2n) is 6.83. The number of ether oxygens (including phenoxy) is 3. The highest BCUT2D eigenvalue weighted by molar-refractivity contribution is 6.32. The van der Waals surface area contributed by atoms with Crippen LogP contribution in [0.2, 0.25) is 5.02 Å². The van der Waals surface area contributed by atoms with E-state index in [-0.39, 0.29) is 11.9 Å². The summed E-state index contributed by atoms with van der Waals surface area (Å²) in [5.74, 6) is 1.96. The fourth-order valence-corrected chi connectivity index (χ4v) is 3.99. The zero-order chi connectivity index (χ0) is 19.5. The monoisotopic (exact) mass is 399 g/mol. The topological polar surface area (TPSA) is 48.0 Å². The maximum Gasteiger partial charge on any atom is 0.247 e. The maximum absolute atomic E-state index is 12.8. The van der Waals surface area contributed by atoms with Gasteiger partial charge in [0, 0.05) is 12.6 Å². The van der Waals surface area contributed by atoms with Crippen molar-refractivity contribution >= 4 is 23.6 Å². The van der Waals surface area contributed by atoms with Crippen LogP contribution in [0.4, 0.5) is 0 Å². The standard InChI is InChI=1S/C22H22ClNO4/c1-26-17-5-2-4-16(14-17)19-6-3-9-24(19)21(25)8-7-15-12-18(23)22-20(13-15)27-10-11-28-22/h2,4-5,7-8,12-14,19H,3,6,9-11H2,1H3/b8-7+. The van der Waals surface area contributed by atoms with E-state index in [9.17, 15) is 4.79 Å². The lowest BCUT2D eigenvalue weighted by Gasteiger charge is -2.24. The number of carbonyl (C=O) groups is 1. The number of halogens is 1. The molecule has 28 heavy (non-hydrogen) atoms. The molecule has 2 aromatic rings. The van der Waals surface area contributed by atoms with E-state index in [1.54, 1.807) is 25.3 Å². The number of rotatable bonds is 4. The Bertz CT molecular complexity index is 911. The van der Waals surface area contributed by atoms with Crippen molar-refractivity contribution in [1.29, 1.82) is 0 Å². The third kappa shape index (κ3) is 3.80. The number of methoxy groups -OCH3 is 1. The molecule has 4 rings (SSSR count). The first-order chi connectivity index (χ1) is 13.7. The van der Waals surface area contributed by atoms with E-state index in [0.717, 1.165) is 36.3 Å². The summed E-state index contributed by atoms with van der Waals surface area (Å²) in [5.41, 5.74) is 1.90. The lowest BCUT2D eigenvalue weighted by Crippen LogP contribution is -2.28. The number of benzene rings is 2. The Balaban J connectivity index is 1.52. The summed E-state index contributed by atoms with van der Waals surface area (Å²) in [7, 11) is 1.65. The van der Waals surface area contributed by atoms with Gasteiger partial charge in [-0.15, -0.1) is 0 Å². The summed E-state index contributed by atoms with van der Waals surface area (Å²) < 4.78 is 16.4. The van der Waals surface area contributed by atoms with Gasteiger partial charge < -0.3 is 19.1 Å². The molecule has 2 heterocycles. The van der Waals surface area contributed by atoms with Crippen molar-refractivity contribution in [3.8, 4) is 17.2 Å². The molecule has 2 aromatic carbocycles. The molecule has 0 saturated carbocycles. The van der Waals surface area contributed by atoms with Crippen molar-refractivity contribution in [2.24, 2.45) is 0 Å². The van der Waals surface area contributed by atoms with E-state index in [1.165, 1.54) is 0 Å². The zero-order valence-corrected chi connectivity index (χ0v) is 16.4. The molecular formula is C22H22ClNO4. The van der Waals surface area contributed by atoms with E-state index in [0.29, 0.717) is 29.7 Å². The molecule has 0 aromatic heterocycles. The van der Waals surface area contributed by atoms with E-state index >= 15 is 0 Å². The van der Waals surface area contributed by atoms with Crippen LogP contribution in [-0.4, -0.2) is 37.7 Å². The fourth-order valence-electron chi connectivity index (χ4n) is 3.72. The summed E-state index contributed by atoms with van der Waals surface area (Å²) in [6.07, 6.45) is 5.30. The molecule has 5 nitrogen and oxygen atoms in total. The van der Waals surface area contributed by atoms with Crippen LogP contribution in [0.1, 0.15) is 30.0 Å². The van der Waals surface area contributed by atoms with Crippen LogP contribution in [0.15, 0.2) is 42.5 Å². The first kappa shape index (κ1) is 18.7. The smallest absolute Gasteiger partial charge is 0.247 e. The van der Waals surface area contributed by atoms with Crippen molar-refractivity contribution in [1.82, 2.24) is 4.90 Å². The van der Waals surface area contributed by atoms with Gasteiger partial charge >= 0.3 is 0 Å². The molecule has 0 N–H and O–H groups in total.